The number of hydrogen-bond acceptors (Lipinski definition) is 5. The molecule has 3 rings (SSSR count). The van der Waals surface area contributed by atoms with Gasteiger partial charge in [-0.25, -0.2) is 0 Å². The molecule has 1 aromatic carbocycles. The highest BCUT2D eigenvalue weighted by Gasteiger charge is 2.14. The number of nitrogens with zero attached hydrogens (tertiary/aromatic N) is 2. The molecular formula is C13H16N4O2. The van der Waals surface area contributed by atoms with Gasteiger partial charge in [-0.05, 0) is 6.07 Å². The molecule has 0 radical (unpaired) electrons. The van der Waals surface area contributed by atoms with Crippen molar-refractivity contribution in [2.75, 3.05) is 30.8 Å². The summed E-state index contributed by atoms with van der Waals surface area (Å²) in [4.78, 5) is 0. The van der Waals surface area contributed by atoms with E-state index < -0.39 is 0 Å². The molecule has 19 heavy (non-hydrogen) atoms. The Morgan fingerprint density at radius 1 is 1.26 bits per heavy atom. The highest BCUT2D eigenvalue weighted by atomic mass is 16.6. The topological polar surface area (TPSA) is 74.3 Å². The number of nitrogen functional groups attached to an aromatic ring is 1. The number of rotatable bonds is 4. The molecule has 2 aromatic rings. The number of nitrogens with one attached hydrogen (secondary N) is 1. The van der Waals surface area contributed by atoms with E-state index in [4.69, 9.17) is 15.2 Å². The van der Waals surface area contributed by atoms with Crippen molar-refractivity contribution in [2.45, 2.75) is 6.54 Å². The minimum atomic E-state index is 0.568. The Bertz CT molecular complexity index is 554. The number of ether oxygens (including phenoxy) is 2. The van der Waals surface area contributed by atoms with E-state index in [0.29, 0.717) is 24.7 Å². The van der Waals surface area contributed by atoms with Crippen LogP contribution in [0.2, 0.25) is 0 Å². The second-order valence-corrected chi connectivity index (χ2v) is 4.28. The molecule has 0 aliphatic carbocycles. The summed E-state index contributed by atoms with van der Waals surface area (Å²) in [6, 6.07) is 5.58. The first kappa shape index (κ1) is 11.7. The average molecular weight is 260 g/mol. The van der Waals surface area contributed by atoms with Crippen LogP contribution in [0.15, 0.2) is 30.6 Å². The second kappa shape index (κ2) is 5.09. The van der Waals surface area contributed by atoms with Gasteiger partial charge in [0.2, 0.25) is 0 Å². The number of aromatic nitrogens is 2. The smallest absolute Gasteiger partial charge is 0.163 e. The molecule has 6 nitrogen and oxygen atoms in total. The van der Waals surface area contributed by atoms with E-state index in [0.717, 1.165) is 24.5 Å². The lowest BCUT2D eigenvalue weighted by molar-refractivity contribution is 0.172. The zero-order valence-corrected chi connectivity index (χ0v) is 10.5. The fourth-order valence-electron chi connectivity index (χ4n) is 2.00. The van der Waals surface area contributed by atoms with Gasteiger partial charge in [-0.2, -0.15) is 5.10 Å². The molecule has 0 saturated carbocycles. The van der Waals surface area contributed by atoms with Gasteiger partial charge in [0, 0.05) is 31.1 Å². The van der Waals surface area contributed by atoms with Crippen molar-refractivity contribution in [3.05, 3.63) is 30.6 Å². The highest BCUT2D eigenvalue weighted by Crippen LogP contribution is 2.36. The van der Waals surface area contributed by atoms with Crippen LogP contribution >= 0.6 is 0 Å². The fourth-order valence-corrected chi connectivity index (χ4v) is 2.00. The van der Waals surface area contributed by atoms with Gasteiger partial charge in [0.1, 0.15) is 13.2 Å². The maximum absolute atomic E-state index is 5.98. The van der Waals surface area contributed by atoms with E-state index in [1.54, 1.807) is 12.3 Å². The Morgan fingerprint density at radius 3 is 2.79 bits per heavy atom. The summed E-state index contributed by atoms with van der Waals surface area (Å²) in [6.45, 7) is 2.66. The minimum absolute atomic E-state index is 0.568. The van der Waals surface area contributed by atoms with Gasteiger partial charge < -0.3 is 20.5 Å². The summed E-state index contributed by atoms with van der Waals surface area (Å²) in [5, 5.41) is 7.42. The Balaban J connectivity index is 1.67. The van der Waals surface area contributed by atoms with Crippen LogP contribution < -0.4 is 20.5 Å². The quantitative estimate of drug-likeness (QED) is 0.812. The zero-order chi connectivity index (χ0) is 13.1. The van der Waals surface area contributed by atoms with Gasteiger partial charge in [-0.15, -0.1) is 0 Å². The van der Waals surface area contributed by atoms with Gasteiger partial charge in [0.25, 0.3) is 0 Å². The number of benzene rings is 1. The molecule has 0 fully saturated rings. The number of fused-ring (bicyclic) bond motifs is 1. The maximum atomic E-state index is 5.98. The van der Waals surface area contributed by atoms with Crippen molar-refractivity contribution in [2.24, 2.45) is 0 Å². The van der Waals surface area contributed by atoms with E-state index in [-0.39, 0.29) is 0 Å². The first-order valence-electron chi connectivity index (χ1n) is 6.23. The molecule has 6 heteroatoms. The first-order chi connectivity index (χ1) is 9.33. The lowest BCUT2D eigenvalue weighted by atomic mass is 10.2. The van der Waals surface area contributed by atoms with Gasteiger partial charge in [0.05, 0.1) is 17.9 Å². The molecule has 100 valence electrons. The van der Waals surface area contributed by atoms with Gasteiger partial charge in [0.15, 0.2) is 11.5 Å². The van der Waals surface area contributed by atoms with E-state index in [1.807, 2.05) is 23.0 Å². The summed E-state index contributed by atoms with van der Waals surface area (Å²) in [5.74, 6) is 1.45. The molecule has 1 aromatic heterocycles. The van der Waals surface area contributed by atoms with Gasteiger partial charge >= 0.3 is 0 Å². The number of nitrogens with two attached hydrogens (primary N) is 1. The highest BCUT2D eigenvalue weighted by molar-refractivity contribution is 5.72. The molecule has 1 aliphatic rings. The largest absolute Gasteiger partial charge is 0.486 e. The van der Waals surface area contributed by atoms with Crippen LogP contribution in [-0.4, -0.2) is 29.5 Å². The Hall–Kier alpha value is -2.37. The summed E-state index contributed by atoms with van der Waals surface area (Å²) < 4.78 is 12.9. The standard InChI is InChI=1S/C13H16N4O2/c14-10-8-12-13(19-7-6-18-12)9-11(10)15-3-5-17-4-1-2-16-17/h1-2,4,8-9,15H,3,5-7,14H2. The second-order valence-electron chi connectivity index (χ2n) is 4.28. The van der Waals surface area contributed by atoms with E-state index >= 15 is 0 Å². The Kier molecular flexibility index (Phi) is 3.14. The normalized spacial score (nSPS) is 13.3. The average Bonchev–Trinajstić information content (AvgIpc) is 2.92. The van der Waals surface area contributed by atoms with Gasteiger partial charge in [-0.3, -0.25) is 4.68 Å². The summed E-state index contributed by atoms with van der Waals surface area (Å²) >= 11 is 0. The molecular weight excluding hydrogens is 244 g/mol. The van der Waals surface area contributed by atoms with Crippen LogP contribution in [0.25, 0.3) is 0 Å². The molecule has 2 heterocycles. The molecule has 0 atom stereocenters. The fraction of sp³-hybridized carbons (Fsp3) is 0.308. The molecule has 0 saturated heterocycles. The van der Waals surface area contributed by atoms with Crippen LogP contribution in [0.4, 0.5) is 11.4 Å². The molecule has 0 unspecified atom stereocenters. The maximum Gasteiger partial charge on any atom is 0.163 e. The first-order valence-corrected chi connectivity index (χ1v) is 6.23. The third kappa shape index (κ3) is 2.57. The van der Waals surface area contributed by atoms with Crippen molar-refractivity contribution in [3.63, 3.8) is 0 Å². The SMILES string of the molecule is Nc1cc2c(cc1NCCn1cccn1)OCCO2. The zero-order valence-electron chi connectivity index (χ0n) is 10.5. The van der Waals surface area contributed by atoms with Crippen LogP contribution in [0.5, 0.6) is 11.5 Å². The Labute approximate surface area is 111 Å². The van der Waals surface area contributed by atoms with E-state index in [9.17, 15) is 0 Å². The Morgan fingerprint density at radius 2 is 2.05 bits per heavy atom. The lowest BCUT2D eigenvalue weighted by Crippen LogP contribution is -2.17. The van der Waals surface area contributed by atoms with Crippen LogP contribution in [-0.2, 0) is 6.54 Å². The van der Waals surface area contributed by atoms with Crippen molar-refractivity contribution in [3.8, 4) is 11.5 Å². The molecule has 0 amide bonds. The van der Waals surface area contributed by atoms with Crippen molar-refractivity contribution >= 4 is 11.4 Å². The van der Waals surface area contributed by atoms with Crippen LogP contribution in [0.3, 0.4) is 0 Å². The molecule has 1 aliphatic heterocycles. The number of anilines is 2. The summed E-state index contributed by atoms with van der Waals surface area (Å²) in [6.07, 6.45) is 3.69. The predicted molar refractivity (Wildman–Crippen MR) is 72.6 cm³/mol. The lowest BCUT2D eigenvalue weighted by Gasteiger charge is -2.20. The molecule has 3 N–H and O–H groups in total. The van der Waals surface area contributed by atoms with Gasteiger partial charge in [-0.1, -0.05) is 0 Å². The van der Waals surface area contributed by atoms with Crippen molar-refractivity contribution in [1.82, 2.24) is 9.78 Å². The summed E-state index contributed by atoms with van der Waals surface area (Å²) in [5.41, 5.74) is 7.50. The van der Waals surface area contributed by atoms with E-state index in [1.165, 1.54) is 0 Å². The van der Waals surface area contributed by atoms with Crippen LogP contribution in [0, 0.1) is 0 Å². The van der Waals surface area contributed by atoms with E-state index in [2.05, 4.69) is 10.4 Å². The third-order valence-electron chi connectivity index (χ3n) is 2.93. The monoisotopic (exact) mass is 260 g/mol. The predicted octanol–water partition coefficient (Wildman–Crippen LogP) is 1.35. The minimum Gasteiger partial charge on any atom is -0.486 e. The molecule has 0 bridgehead atoms. The third-order valence-corrected chi connectivity index (χ3v) is 2.93. The van der Waals surface area contributed by atoms with Crippen LogP contribution in [0.1, 0.15) is 0 Å². The summed E-state index contributed by atoms with van der Waals surface area (Å²) in [7, 11) is 0. The number of hydrogen-bond donors (Lipinski definition) is 2. The molecule has 0 spiro atoms. The van der Waals surface area contributed by atoms with Crippen molar-refractivity contribution in [1.29, 1.82) is 0 Å². The van der Waals surface area contributed by atoms with Crippen molar-refractivity contribution < 1.29 is 9.47 Å².